The van der Waals surface area contributed by atoms with Crippen molar-refractivity contribution < 1.29 is 4.79 Å². The predicted molar refractivity (Wildman–Crippen MR) is 85.2 cm³/mol. The summed E-state index contributed by atoms with van der Waals surface area (Å²) in [4.78, 5) is 16.9. The zero-order valence-electron chi connectivity index (χ0n) is 13.5. The van der Waals surface area contributed by atoms with Gasteiger partial charge in [-0.2, -0.15) is 0 Å². The van der Waals surface area contributed by atoms with E-state index in [1.165, 1.54) is 64.6 Å². The van der Waals surface area contributed by atoms with Gasteiger partial charge in [0.2, 0.25) is 5.91 Å². The van der Waals surface area contributed by atoms with Crippen molar-refractivity contribution in [2.75, 3.05) is 33.2 Å². The zero-order chi connectivity index (χ0) is 14.7. The fraction of sp³-hybridized carbons (Fsp3) is 0.941. The Morgan fingerprint density at radius 3 is 2.24 bits per heavy atom. The molecule has 4 heteroatoms. The van der Waals surface area contributed by atoms with Gasteiger partial charge in [0.1, 0.15) is 0 Å². The number of nitrogens with one attached hydrogen (secondary N) is 1. The summed E-state index contributed by atoms with van der Waals surface area (Å²) in [6.07, 6.45) is 10.3. The first kappa shape index (κ1) is 15.3. The van der Waals surface area contributed by atoms with E-state index in [0.717, 1.165) is 18.6 Å². The third-order valence-corrected chi connectivity index (χ3v) is 5.93. The van der Waals surface area contributed by atoms with E-state index >= 15 is 0 Å². The molecule has 1 aliphatic carbocycles. The molecule has 0 aromatic rings. The Bertz CT molecular complexity index is 346. The maximum absolute atomic E-state index is 11.5. The molecule has 2 heterocycles. The number of piperidine rings is 1. The molecule has 0 bridgehead atoms. The molecule has 1 amide bonds. The number of carbonyl (C=O) groups is 1. The second kappa shape index (κ2) is 7.10. The summed E-state index contributed by atoms with van der Waals surface area (Å²) < 4.78 is 0. The van der Waals surface area contributed by atoms with E-state index in [-0.39, 0.29) is 5.91 Å². The van der Waals surface area contributed by atoms with Crippen LogP contribution in [0.3, 0.4) is 0 Å². The third-order valence-electron chi connectivity index (χ3n) is 5.93. The highest BCUT2D eigenvalue weighted by Crippen LogP contribution is 2.30. The molecular formula is C17H31N3O. The van der Waals surface area contributed by atoms with Gasteiger partial charge in [0.05, 0.1) is 0 Å². The summed E-state index contributed by atoms with van der Waals surface area (Å²) in [6, 6.07) is 1.67. The van der Waals surface area contributed by atoms with E-state index in [1.807, 2.05) is 0 Å². The average Bonchev–Trinajstić information content (AvgIpc) is 3.19. The van der Waals surface area contributed by atoms with E-state index in [1.54, 1.807) is 7.05 Å². The number of amides is 1. The molecule has 1 saturated carbocycles. The standard InChI is InChI=1S/C17H31N3O/c1-18-17(21)12-14-6-9-20(13-14)16-7-10-19(11-8-16)15-4-2-3-5-15/h14-16H,2-13H2,1H3,(H,18,21)/t14-/m1/s1. The zero-order valence-corrected chi connectivity index (χ0v) is 13.5. The number of carbonyl (C=O) groups excluding carboxylic acids is 1. The van der Waals surface area contributed by atoms with Gasteiger partial charge in [-0.1, -0.05) is 12.8 Å². The van der Waals surface area contributed by atoms with Gasteiger partial charge in [-0.25, -0.2) is 0 Å². The molecule has 0 aromatic carbocycles. The lowest BCUT2D eigenvalue weighted by Crippen LogP contribution is -2.47. The van der Waals surface area contributed by atoms with Crippen LogP contribution in [0.25, 0.3) is 0 Å². The summed E-state index contributed by atoms with van der Waals surface area (Å²) >= 11 is 0. The molecule has 120 valence electrons. The van der Waals surface area contributed by atoms with Crippen molar-refractivity contribution in [3.63, 3.8) is 0 Å². The molecule has 0 radical (unpaired) electrons. The first-order valence-corrected chi connectivity index (χ1v) is 8.95. The van der Waals surface area contributed by atoms with Crippen molar-refractivity contribution in [3.05, 3.63) is 0 Å². The van der Waals surface area contributed by atoms with Gasteiger partial charge in [-0.3, -0.25) is 9.69 Å². The van der Waals surface area contributed by atoms with Crippen molar-refractivity contribution in [2.24, 2.45) is 5.92 Å². The van der Waals surface area contributed by atoms with Crippen LogP contribution in [0.4, 0.5) is 0 Å². The summed E-state index contributed by atoms with van der Waals surface area (Å²) in [5.74, 6) is 0.788. The number of hydrogen-bond donors (Lipinski definition) is 1. The van der Waals surface area contributed by atoms with Gasteiger partial charge >= 0.3 is 0 Å². The van der Waals surface area contributed by atoms with Crippen LogP contribution in [0.15, 0.2) is 0 Å². The van der Waals surface area contributed by atoms with Crippen molar-refractivity contribution in [3.8, 4) is 0 Å². The largest absolute Gasteiger partial charge is 0.359 e. The molecule has 4 nitrogen and oxygen atoms in total. The van der Waals surface area contributed by atoms with Gasteiger partial charge in [-0.05, 0) is 57.7 Å². The maximum Gasteiger partial charge on any atom is 0.220 e. The van der Waals surface area contributed by atoms with Gasteiger partial charge in [-0.15, -0.1) is 0 Å². The van der Waals surface area contributed by atoms with Crippen molar-refractivity contribution in [1.82, 2.24) is 15.1 Å². The number of likely N-dealkylation sites (tertiary alicyclic amines) is 2. The van der Waals surface area contributed by atoms with Crippen LogP contribution in [0.5, 0.6) is 0 Å². The molecule has 2 aliphatic heterocycles. The Kier molecular flexibility index (Phi) is 5.17. The Morgan fingerprint density at radius 1 is 0.952 bits per heavy atom. The van der Waals surface area contributed by atoms with E-state index in [4.69, 9.17) is 0 Å². The highest BCUT2D eigenvalue weighted by atomic mass is 16.1. The smallest absolute Gasteiger partial charge is 0.220 e. The van der Waals surface area contributed by atoms with E-state index in [0.29, 0.717) is 12.3 Å². The predicted octanol–water partition coefficient (Wildman–Crippen LogP) is 1.85. The van der Waals surface area contributed by atoms with E-state index < -0.39 is 0 Å². The topological polar surface area (TPSA) is 35.6 Å². The molecule has 2 saturated heterocycles. The Morgan fingerprint density at radius 2 is 1.57 bits per heavy atom. The quantitative estimate of drug-likeness (QED) is 0.859. The number of hydrogen-bond acceptors (Lipinski definition) is 3. The van der Waals surface area contributed by atoms with Gasteiger partial charge in [0.25, 0.3) is 0 Å². The fourth-order valence-electron chi connectivity index (χ4n) is 4.61. The molecule has 0 spiro atoms. The van der Waals surface area contributed by atoms with Crippen molar-refractivity contribution in [1.29, 1.82) is 0 Å². The monoisotopic (exact) mass is 293 g/mol. The first-order chi connectivity index (χ1) is 10.3. The van der Waals surface area contributed by atoms with Crippen LogP contribution < -0.4 is 5.32 Å². The minimum Gasteiger partial charge on any atom is -0.359 e. The van der Waals surface area contributed by atoms with Crippen LogP contribution in [0, 0.1) is 5.92 Å². The molecule has 3 fully saturated rings. The molecule has 3 rings (SSSR count). The van der Waals surface area contributed by atoms with Gasteiger partial charge in [0, 0.05) is 32.1 Å². The lowest BCUT2D eigenvalue weighted by atomic mass is 10.0. The third kappa shape index (κ3) is 3.78. The Hall–Kier alpha value is -0.610. The Balaban J connectivity index is 1.41. The first-order valence-electron chi connectivity index (χ1n) is 8.95. The molecule has 1 atom stereocenters. The fourth-order valence-corrected chi connectivity index (χ4v) is 4.61. The average molecular weight is 293 g/mol. The number of nitrogens with zero attached hydrogens (tertiary/aromatic N) is 2. The van der Waals surface area contributed by atoms with Crippen LogP contribution in [0.1, 0.15) is 51.4 Å². The van der Waals surface area contributed by atoms with Crippen molar-refractivity contribution >= 4 is 5.91 Å². The normalized spacial score (nSPS) is 30.0. The van der Waals surface area contributed by atoms with Crippen LogP contribution in [-0.2, 0) is 4.79 Å². The van der Waals surface area contributed by atoms with Gasteiger partial charge in [0.15, 0.2) is 0 Å². The Labute approximate surface area is 129 Å². The molecule has 0 aromatic heterocycles. The molecular weight excluding hydrogens is 262 g/mol. The minimum atomic E-state index is 0.206. The highest BCUT2D eigenvalue weighted by molar-refractivity contribution is 5.75. The molecule has 3 aliphatic rings. The second-order valence-electron chi connectivity index (χ2n) is 7.23. The summed E-state index contributed by atoms with van der Waals surface area (Å²) in [5.41, 5.74) is 0. The summed E-state index contributed by atoms with van der Waals surface area (Å²) in [5, 5.41) is 2.76. The molecule has 0 unspecified atom stereocenters. The SMILES string of the molecule is CNC(=O)C[C@H]1CCN(C2CCN(C3CCCC3)CC2)C1. The summed E-state index contributed by atoms with van der Waals surface area (Å²) in [7, 11) is 1.74. The minimum absolute atomic E-state index is 0.206. The molecule has 21 heavy (non-hydrogen) atoms. The van der Waals surface area contributed by atoms with E-state index in [9.17, 15) is 4.79 Å². The summed E-state index contributed by atoms with van der Waals surface area (Å²) in [6.45, 7) is 4.94. The van der Waals surface area contributed by atoms with Crippen molar-refractivity contribution in [2.45, 2.75) is 63.5 Å². The molecule has 1 N–H and O–H groups in total. The van der Waals surface area contributed by atoms with Crippen LogP contribution >= 0.6 is 0 Å². The second-order valence-corrected chi connectivity index (χ2v) is 7.23. The highest BCUT2D eigenvalue weighted by Gasteiger charge is 2.33. The van der Waals surface area contributed by atoms with E-state index in [2.05, 4.69) is 15.1 Å². The van der Waals surface area contributed by atoms with Gasteiger partial charge < -0.3 is 10.2 Å². The lowest BCUT2D eigenvalue weighted by Gasteiger charge is -2.39. The number of rotatable bonds is 4. The van der Waals surface area contributed by atoms with Crippen LogP contribution in [-0.4, -0.2) is 61.0 Å². The van der Waals surface area contributed by atoms with Crippen LogP contribution in [0.2, 0.25) is 0 Å². The maximum atomic E-state index is 11.5. The lowest BCUT2D eigenvalue weighted by molar-refractivity contribution is -0.121.